The molecule has 0 bridgehead atoms. The lowest BCUT2D eigenvalue weighted by atomic mass is 9.81. The molecule has 2 aliphatic rings. The van der Waals surface area contributed by atoms with Crippen molar-refractivity contribution < 1.29 is 14.3 Å². The molecule has 0 saturated heterocycles. The van der Waals surface area contributed by atoms with Crippen LogP contribution in [-0.4, -0.2) is 43.9 Å². The Morgan fingerprint density at radius 3 is 1.39 bits per heavy atom. The minimum absolute atomic E-state index is 0.119. The summed E-state index contributed by atoms with van der Waals surface area (Å²) < 4.78 is 5.86. The van der Waals surface area contributed by atoms with Crippen molar-refractivity contribution in [3.05, 3.63) is 125 Å². The molecule has 290 valence electrons. The number of ketones is 2. The standard InChI is InChI=1S/C49H55N3O3S/c1-5-29-50-40-25-26-41(51-30-6-2)45-44(40)48(53)46-42(52-31-7-3)27-28-43(47(46)49(45)54)56-39-23-19-37(20-24-39)35-15-11-33(12-16-35)32-9-13-34(14-10-32)36-17-21-38(22-18-36)55-8-4/h9-16,19-20,23-28,36,38,50-52H,5-8,17-18,21-22,29-31H2,1-4H3. The van der Waals surface area contributed by atoms with Crippen LogP contribution in [0.4, 0.5) is 17.1 Å². The van der Waals surface area contributed by atoms with Gasteiger partial charge in [-0.25, -0.2) is 0 Å². The van der Waals surface area contributed by atoms with Crippen molar-refractivity contribution in [1.82, 2.24) is 0 Å². The number of anilines is 3. The lowest BCUT2D eigenvalue weighted by Gasteiger charge is -2.28. The van der Waals surface area contributed by atoms with Crippen molar-refractivity contribution in [2.75, 3.05) is 42.2 Å². The first-order chi connectivity index (χ1) is 27.4. The van der Waals surface area contributed by atoms with Gasteiger partial charge in [0.15, 0.2) is 11.6 Å². The Kier molecular flexibility index (Phi) is 12.9. The highest BCUT2D eigenvalue weighted by Gasteiger charge is 2.38. The van der Waals surface area contributed by atoms with Crippen LogP contribution in [0.25, 0.3) is 22.3 Å². The van der Waals surface area contributed by atoms with Crippen molar-refractivity contribution >= 4 is 40.4 Å². The first kappa shape index (κ1) is 39.4. The number of benzene rings is 5. The van der Waals surface area contributed by atoms with Crippen LogP contribution in [-0.2, 0) is 4.74 Å². The Hall–Kier alpha value is -4.85. The second kappa shape index (κ2) is 18.4. The van der Waals surface area contributed by atoms with Crippen molar-refractivity contribution in [2.24, 2.45) is 0 Å². The zero-order chi connectivity index (χ0) is 39.0. The molecular weight excluding hydrogens is 711 g/mol. The third-order valence-electron chi connectivity index (χ3n) is 11.1. The van der Waals surface area contributed by atoms with E-state index in [-0.39, 0.29) is 11.6 Å². The Labute approximate surface area is 337 Å². The molecule has 0 aromatic heterocycles. The highest BCUT2D eigenvalue weighted by Crippen LogP contribution is 2.44. The molecule has 0 aliphatic heterocycles. The molecule has 7 rings (SSSR count). The van der Waals surface area contributed by atoms with Gasteiger partial charge in [0.2, 0.25) is 0 Å². The quantitative estimate of drug-likeness (QED) is 0.0905. The summed E-state index contributed by atoms with van der Waals surface area (Å²) in [5.74, 6) is 0.384. The fourth-order valence-electron chi connectivity index (χ4n) is 8.12. The molecule has 5 aromatic rings. The zero-order valence-electron chi connectivity index (χ0n) is 33.3. The normalized spacial score (nSPS) is 16.3. The van der Waals surface area contributed by atoms with Crippen molar-refractivity contribution in [1.29, 1.82) is 0 Å². The van der Waals surface area contributed by atoms with Crippen LogP contribution in [0.1, 0.15) is 116 Å². The summed E-state index contributed by atoms with van der Waals surface area (Å²) in [4.78, 5) is 31.1. The van der Waals surface area contributed by atoms with E-state index in [1.165, 1.54) is 41.3 Å². The number of nitrogens with one attached hydrogen (secondary N) is 3. The Morgan fingerprint density at radius 2 is 0.929 bits per heavy atom. The van der Waals surface area contributed by atoms with E-state index in [0.29, 0.717) is 71.0 Å². The van der Waals surface area contributed by atoms with E-state index < -0.39 is 0 Å². The monoisotopic (exact) mass is 765 g/mol. The summed E-state index contributed by atoms with van der Waals surface area (Å²) in [5.41, 5.74) is 10.1. The van der Waals surface area contributed by atoms with Gasteiger partial charge in [-0.15, -0.1) is 0 Å². The number of carbonyl (C=O) groups is 2. The summed E-state index contributed by atoms with van der Waals surface area (Å²) in [6.45, 7) is 11.3. The van der Waals surface area contributed by atoms with Gasteiger partial charge in [-0.3, -0.25) is 9.59 Å². The van der Waals surface area contributed by atoms with Gasteiger partial charge in [0, 0.05) is 58.7 Å². The predicted molar refractivity (Wildman–Crippen MR) is 234 cm³/mol. The second-order valence-corrected chi connectivity index (χ2v) is 16.1. The van der Waals surface area contributed by atoms with E-state index in [1.54, 1.807) is 0 Å². The number of carbonyl (C=O) groups excluding carboxylic acids is 2. The fraction of sp³-hybridized carbons (Fsp3) is 0.347. The van der Waals surface area contributed by atoms with Gasteiger partial charge in [0.1, 0.15) is 0 Å². The Morgan fingerprint density at radius 1 is 0.518 bits per heavy atom. The van der Waals surface area contributed by atoms with Gasteiger partial charge >= 0.3 is 0 Å². The van der Waals surface area contributed by atoms with Crippen LogP contribution in [0.3, 0.4) is 0 Å². The van der Waals surface area contributed by atoms with Gasteiger partial charge in [0.25, 0.3) is 0 Å². The summed E-state index contributed by atoms with van der Waals surface area (Å²) in [6, 6.07) is 34.2. The van der Waals surface area contributed by atoms with E-state index in [4.69, 9.17) is 4.74 Å². The average molecular weight is 766 g/mol. The molecule has 2 aliphatic carbocycles. The van der Waals surface area contributed by atoms with Crippen LogP contribution in [0.2, 0.25) is 0 Å². The van der Waals surface area contributed by atoms with Crippen LogP contribution >= 0.6 is 11.8 Å². The molecule has 6 nitrogen and oxygen atoms in total. The predicted octanol–water partition coefficient (Wildman–Crippen LogP) is 12.5. The van der Waals surface area contributed by atoms with Crippen molar-refractivity contribution in [3.8, 4) is 22.3 Å². The molecule has 0 unspecified atom stereocenters. The van der Waals surface area contributed by atoms with E-state index in [1.807, 2.05) is 24.3 Å². The third kappa shape index (κ3) is 8.45. The molecule has 5 aromatic carbocycles. The van der Waals surface area contributed by atoms with Gasteiger partial charge in [-0.1, -0.05) is 93.2 Å². The lowest BCUT2D eigenvalue weighted by molar-refractivity contribution is 0.0328. The van der Waals surface area contributed by atoms with Crippen LogP contribution < -0.4 is 16.0 Å². The van der Waals surface area contributed by atoms with Crippen molar-refractivity contribution in [2.45, 2.75) is 94.5 Å². The Bertz CT molecular complexity index is 2140. The smallest absolute Gasteiger partial charge is 0.198 e. The highest BCUT2D eigenvalue weighted by molar-refractivity contribution is 7.99. The van der Waals surface area contributed by atoms with Crippen LogP contribution in [0.15, 0.2) is 107 Å². The molecule has 3 N–H and O–H groups in total. The number of fused-ring (bicyclic) bond motifs is 2. The Balaban J connectivity index is 1.11. The first-order valence-electron chi connectivity index (χ1n) is 20.7. The molecule has 0 heterocycles. The molecule has 0 spiro atoms. The van der Waals surface area contributed by atoms with Crippen LogP contribution in [0.5, 0.6) is 0 Å². The molecule has 56 heavy (non-hydrogen) atoms. The topological polar surface area (TPSA) is 79.5 Å². The molecular formula is C49H55N3O3S. The maximum absolute atomic E-state index is 14.7. The number of hydrogen-bond donors (Lipinski definition) is 3. The number of ether oxygens (including phenoxy) is 1. The molecule has 7 heteroatoms. The minimum Gasteiger partial charge on any atom is -0.384 e. The van der Waals surface area contributed by atoms with E-state index in [2.05, 4.69) is 116 Å². The molecule has 1 fully saturated rings. The van der Waals surface area contributed by atoms with Gasteiger partial charge in [-0.05, 0) is 122 Å². The second-order valence-electron chi connectivity index (χ2n) is 15.0. The minimum atomic E-state index is -0.121. The lowest BCUT2D eigenvalue weighted by Crippen LogP contribution is -2.26. The number of hydrogen-bond acceptors (Lipinski definition) is 7. The third-order valence-corrected chi connectivity index (χ3v) is 12.1. The maximum atomic E-state index is 14.7. The van der Waals surface area contributed by atoms with E-state index >= 15 is 0 Å². The van der Waals surface area contributed by atoms with Crippen LogP contribution in [0, 0.1) is 0 Å². The van der Waals surface area contributed by atoms with Crippen molar-refractivity contribution in [3.63, 3.8) is 0 Å². The van der Waals surface area contributed by atoms with Gasteiger partial charge in [-0.2, -0.15) is 0 Å². The molecule has 0 atom stereocenters. The largest absolute Gasteiger partial charge is 0.384 e. The summed E-state index contributed by atoms with van der Waals surface area (Å²) in [7, 11) is 0. The zero-order valence-corrected chi connectivity index (χ0v) is 34.1. The summed E-state index contributed by atoms with van der Waals surface area (Å²) in [6.07, 6.45) is 7.84. The molecule has 0 radical (unpaired) electrons. The fourth-order valence-corrected chi connectivity index (χ4v) is 9.08. The average Bonchev–Trinajstić information content (AvgIpc) is 3.24. The van der Waals surface area contributed by atoms with Gasteiger partial charge in [0.05, 0.1) is 22.8 Å². The van der Waals surface area contributed by atoms with Gasteiger partial charge < -0.3 is 20.7 Å². The van der Waals surface area contributed by atoms with E-state index in [0.717, 1.165) is 59.6 Å². The highest BCUT2D eigenvalue weighted by atomic mass is 32.2. The first-order valence-corrected chi connectivity index (χ1v) is 21.5. The molecule has 1 saturated carbocycles. The number of rotatable bonds is 16. The summed E-state index contributed by atoms with van der Waals surface area (Å²) in [5, 5.41) is 10.3. The SMILES string of the molecule is CCCNc1ccc(NCCC)c2c1C(=O)c1c(NCCC)ccc(Sc3ccc(-c4ccc(-c5ccc(C6CCC(OCC)CC6)cc5)cc4)cc3)c1C2=O. The molecule has 0 amide bonds. The summed E-state index contributed by atoms with van der Waals surface area (Å²) >= 11 is 1.53. The maximum Gasteiger partial charge on any atom is 0.198 e. The van der Waals surface area contributed by atoms with E-state index in [9.17, 15) is 9.59 Å².